The zero-order valence-electron chi connectivity index (χ0n) is 14.8. The van der Waals surface area contributed by atoms with Crippen LogP contribution in [0.15, 0.2) is 24.3 Å². The molecule has 0 bridgehead atoms. The summed E-state index contributed by atoms with van der Waals surface area (Å²) in [6.07, 6.45) is -1.01. The maximum absolute atomic E-state index is 13.8. The van der Waals surface area contributed by atoms with Crippen molar-refractivity contribution in [2.24, 2.45) is 0 Å². The largest absolute Gasteiger partial charge is 0.386 e. The van der Waals surface area contributed by atoms with Crippen LogP contribution in [0.4, 0.5) is 8.78 Å². The lowest BCUT2D eigenvalue weighted by atomic mass is 10.1. The molecule has 2 aromatic rings. The highest BCUT2D eigenvalue weighted by molar-refractivity contribution is 5.76. The summed E-state index contributed by atoms with van der Waals surface area (Å²) in [4.78, 5) is 15.1. The second-order valence-electron chi connectivity index (χ2n) is 6.70. The van der Waals surface area contributed by atoms with E-state index in [0.29, 0.717) is 25.3 Å². The number of aliphatic hydroxyl groups excluding tert-OH is 1. The minimum atomic E-state index is -0.972. The summed E-state index contributed by atoms with van der Waals surface area (Å²) >= 11 is 0. The fraction of sp³-hybridized carbons (Fsp3) is 0.444. The van der Waals surface area contributed by atoms with Gasteiger partial charge in [-0.15, -0.1) is 0 Å². The molecule has 1 aliphatic heterocycles. The quantitative estimate of drug-likeness (QED) is 0.877. The Bertz CT molecular complexity index is 786. The molecule has 1 unspecified atom stereocenters. The predicted molar refractivity (Wildman–Crippen MR) is 91.0 cm³/mol. The van der Waals surface area contributed by atoms with Gasteiger partial charge in [-0.05, 0) is 18.2 Å². The molecular formula is C18H22F2N4O2. The van der Waals surface area contributed by atoms with Gasteiger partial charge >= 0.3 is 0 Å². The van der Waals surface area contributed by atoms with Crippen molar-refractivity contribution in [2.45, 2.75) is 32.2 Å². The van der Waals surface area contributed by atoms with Gasteiger partial charge in [0, 0.05) is 39.3 Å². The van der Waals surface area contributed by atoms with Gasteiger partial charge in [0.25, 0.3) is 0 Å². The Morgan fingerprint density at radius 2 is 2.00 bits per heavy atom. The van der Waals surface area contributed by atoms with Crippen molar-refractivity contribution in [3.8, 4) is 0 Å². The summed E-state index contributed by atoms with van der Waals surface area (Å²) in [5.41, 5.74) is 1.34. The van der Waals surface area contributed by atoms with E-state index in [2.05, 4.69) is 5.10 Å². The van der Waals surface area contributed by atoms with Gasteiger partial charge in [-0.2, -0.15) is 5.10 Å². The van der Waals surface area contributed by atoms with E-state index in [9.17, 15) is 18.7 Å². The standard InChI is InChI=1S/C18H22F2N4O2/c1-22(2)18(26)9-17(25)16-8-12-10-23(6-7-24(12)21-16)11-13-14(19)4-3-5-15(13)20/h3-5,8,17,25H,6-7,9-11H2,1-2H3. The Hall–Kier alpha value is -2.32. The number of benzene rings is 1. The first-order chi connectivity index (χ1) is 12.3. The van der Waals surface area contributed by atoms with Gasteiger partial charge in [-0.1, -0.05) is 6.07 Å². The van der Waals surface area contributed by atoms with Crippen LogP contribution < -0.4 is 0 Å². The van der Waals surface area contributed by atoms with Crippen LogP contribution in [-0.2, 0) is 24.4 Å². The number of carbonyl (C=O) groups excluding carboxylic acids is 1. The summed E-state index contributed by atoms with van der Waals surface area (Å²) in [5, 5.41) is 14.6. The second kappa shape index (κ2) is 7.51. The molecule has 2 heterocycles. The number of halogens is 2. The molecule has 1 amide bonds. The second-order valence-corrected chi connectivity index (χ2v) is 6.70. The van der Waals surface area contributed by atoms with E-state index >= 15 is 0 Å². The molecule has 0 fully saturated rings. The van der Waals surface area contributed by atoms with Crippen molar-refractivity contribution < 1.29 is 18.7 Å². The molecule has 1 aliphatic rings. The van der Waals surface area contributed by atoms with Gasteiger partial charge in [0.15, 0.2) is 0 Å². The molecule has 0 saturated heterocycles. The van der Waals surface area contributed by atoms with Crippen molar-refractivity contribution in [3.63, 3.8) is 0 Å². The van der Waals surface area contributed by atoms with Crippen LogP contribution in [0.25, 0.3) is 0 Å². The Kier molecular flexibility index (Phi) is 5.33. The number of carbonyl (C=O) groups is 1. The lowest BCUT2D eigenvalue weighted by molar-refractivity contribution is -0.130. The lowest BCUT2D eigenvalue weighted by Crippen LogP contribution is -2.33. The minimum Gasteiger partial charge on any atom is -0.386 e. The van der Waals surface area contributed by atoms with Gasteiger partial charge in [-0.3, -0.25) is 14.4 Å². The zero-order valence-corrected chi connectivity index (χ0v) is 14.8. The monoisotopic (exact) mass is 364 g/mol. The molecule has 140 valence electrons. The molecule has 3 rings (SSSR count). The average molecular weight is 364 g/mol. The van der Waals surface area contributed by atoms with Crippen LogP contribution in [-0.4, -0.2) is 51.2 Å². The molecule has 0 spiro atoms. The molecule has 26 heavy (non-hydrogen) atoms. The third-order valence-electron chi connectivity index (χ3n) is 4.55. The Morgan fingerprint density at radius 3 is 2.65 bits per heavy atom. The number of aliphatic hydroxyl groups is 1. The summed E-state index contributed by atoms with van der Waals surface area (Å²) in [6.45, 7) is 1.78. The van der Waals surface area contributed by atoms with Crippen LogP contribution in [0.5, 0.6) is 0 Å². The molecule has 0 aliphatic carbocycles. The van der Waals surface area contributed by atoms with E-state index in [-0.39, 0.29) is 24.4 Å². The number of rotatable bonds is 5. The highest BCUT2D eigenvalue weighted by atomic mass is 19.1. The van der Waals surface area contributed by atoms with Crippen molar-refractivity contribution >= 4 is 5.91 Å². The third kappa shape index (κ3) is 3.91. The molecule has 0 radical (unpaired) electrons. The topological polar surface area (TPSA) is 61.6 Å². The van der Waals surface area contributed by atoms with Crippen LogP contribution in [0.1, 0.15) is 29.5 Å². The smallest absolute Gasteiger partial charge is 0.225 e. The molecule has 1 aromatic heterocycles. The number of amides is 1. The molecular weight excluding hydrogens is 342 g/mol. The number of aromatic nitrogens is 2. The van der Waals surface area contributed by atoms with Gasteiger partial charge in [-0.25, -0.2) is 8.78 Å². The van der Waals surface area contributed by atoms with Crippen LogP contribution in [0.2, 0.25) is 0 Å². The SMILES string of the molecule is CN(C)C(=O)CC(O)c1cc2n(n1)CCN(Cc1c(F)cccc1F)C2. The summed E-state index contributed by atoms with van der Waals surface area (Å²) in [7, 11) is 3.26. The zero-order chi connectivity index (χ0) is 18.8. The first-order valence-electron chi connectivity index (χ1n) is 8.45. The van der Waals surface area contributed by atoms with Crippen molar-refractivity contribution in [2.75, 3.05) is 20.6 Å². The molecule has 1 N–H and O–H groups in total. The van der Waals surface area contributed by atoms with E-state index in [1.807, 2.05) is 4.90 Å². The highest BCUT2D eigenvalue weighted by Crippen LogP contribution is 2.23. The maximum Gasteiger partial charge on any atom is 0.225 e. The average Bonchev–Trinajstić information content (AvgIpc) is 3.01. The number of nitrogens with zero attached hydrogens (tertiary/aromatic N) is 4. The van der Waals surface area contributed by atoms with Crippen LogP contribution in [0.3, 0.4) is 0 Å². The third-order valence-corrected chi connectivity index (χ3v) is 4.55. The first kappa shape index (κ1) is 18.5. The normalized spacial score (nSPS) is 15.6. The lowest BCUT2D eigenvalue weighted by Gasteiger charge is -2.27. The van der Waals surface area contributed by atoms with Gasteiger partial charge in [0.2, 0.25) is 5.91 Å². The molecule has 6 nitrogen and oxygen atoms in total. The summed E-state index contributed by atoms with van der Waals surface area (Å²) in [6, 6.07) is 5.60. The number of hydrogen-bond donors (Lipinski definition) is 1. The van der Waals surface area contributed by atoms with Crippen molar-refractivity contribution in [1.29, 1.82) is 0 Å². The van der Waals surface area contributed by atoms with Gasteiger partial charge in [0.1, 0.15) is 17.7 Å². The van der Waals surface area contributed by atoms with E-state index in [4.69, 9.17) is 0 Å². The van der Waals surface area contributed by atoms with Crippen LogP contribution in [0, 0.1) is 11.6 Å². The predicted octanol–water partition coefficient (Wildman–Crippen LogP) is 1.69. The Labute approximate surface area is 150 Å². The first-order valence-corrected chi connectivity index (χ1v) is 8.45. The van der Waals surface area contributed by atoms with Gasteiger partial charge in [0.05, 0.1) is 24.4 Å². The summed E-state index contributed by atoms with van der Waals surface area (Å²) < 4.78 is 29.5. The van der Waals surface area contributed by atoms with Crippen molar-refractivity contribution in [1.82, 2.24) is 19.6 Å². The van der Waals surface area contributed by atoms with E-state index < -0.39 is 17.7 Å². The molecule has 8 heteroatoms. The molecule has 0 saturated carbocycles. The van der Waals surface area contributed by atoms with E-state index in [1.54, 1.807) is 24.8 Å². The fourth-order valence-electron chi connectivity index (χ4n) is 3.00. The summed E-state index contributed by atoms with van der Waals surface area (Å²) in [5.74, 6) is -1.29. The van der Waals surface area contributed by atoms with Crippen LogP contribution >= 0.6 is 0 Å². The molecule has 1 atom stereocenters. The Morgan fingerprint density at radius 1 is 1.31 bits per heavy atom. The fourth-order valence-corrected chi connectivity index (χ4v) is 3.00. The Balaban J connectivity index is 1.69. The number of hydrogen-bond acceptors (Lipinski definition) is 4. The highest BCUT2D eigenvalue weighted by Gasteiger charge is 2.24. The van der Waals surface area contributed by atoms with Crippen molar-refractivity contribution in [3.05, 3.63) is 52.9 Å². The maximum atomic E-state index is 13.8. The van der Waals surface area contributed by atoms with E-state index in [0.717, 1.165) is 5.69 Å². The minimum absolute atomic E-state index is 0.0341. The van der Waals surface area contributed by atoms with Gasteiger partial charge < -0.3 is 10.0 Å². The molecule has 1 aromatic carbocycles. The van der Waals surface area contributed by atoms with E-state index in [1.165, 1.54) is 23.1 Å². The number of fused-ring (bicyclic) bond motifs is 1.